The summed E-state index contributed by atoms with van der Waals surface area (Å²) in [5.41, 5.74) is 0.846. The van der Waals surface area contributed by atoms with Gasteiger partial charge < -0.3 is 15.1 Å². The van der Waals surface area contributed by atoms with Crippen LogP contribution in [0.4, 0.5) is 10.5 Å². The van der Waals surface area contributed by atoms with Gasteiger partial charge in [-0.05, 0) is 42.3 Å². The van der Waals surface area contributed by atoms with E-state index in [1.165, 1.54) is 6.42 Å². The van der Waals surface area contributed by atoms with E-state index in [1.807, 2.05) is 42.5 Å². The molecule has 0 spiro atoms. The molecule has 1 fully saturated rings. The third kappa shape index (κ3) is 3.74. The lowest BCUT2D eigenvalue weighted by Gasteiger charge is -2.31. The van der Waals surface area contributed by atoms with E-state index in [9.17, 15) is 4.79 Å². The molecule has 0 bridgehead atoms. The molecule has 2 amide bonds. The SMILES string of the molecule is O=C(Nc1cccc2ccccc12)N[C@@H]1CCCC[C@@H]1Cc1ccco1. The molecule has 4 rings (SSSR count). The predicted molar refractivity (Wildman–Crippen MR) is 104 cm³/mol. The Kier molecular flexibility index (Phi) is 4.91. The van der Waals surface area contributed by atoms with Gasteiger partial charge in [0.25, 0.3) is 0 Å². The van der Waals surface area contributed by atoms with Crippen LogP contribution in [0.3, 0.4) is 0 Å². The number of amides is 2. The zero-order chi connectivity index (χ0) is 17.8. The summed E-state index contributed by atoms with van der Waals surface area (Å²) in [5, 5.41) is 8.42. The third-order valence-corrected chi connectivity index (χ3v) is 5.31. The van der Waals surface area contributed by atoms with E-state index in [0.717, 1.165) is 47.9 Å². The third-order valence-electron chi connectivity index (χ3n) is 5.31. The van der Waals surface area contributed by atoms with Crippen molar-refractivity contribution in [3.63, 3.8) is 0 Å². The summed E-state index contributed by atoms with van der Waals surface area (Å²) in [4.78, 5) is 12.6. The molecule has 4 nitrogen and oxygen atoms in total. The van der Waals surface area contributed by atoms with Gasteiger partial charge in [-0.3, -0.25) is 0 Å². The minimum absolute atomic E-state index is 0.127. The smallest absolute Gasteiger partial charge is 0.319 e. The molecule has 26 heavy (non-hydrogen) atoms. The van der Waals surface area contributed by atoms with E-state index in [-0.39, 0.29) is 12.1 Å². The molecule has 1 saturated carbocycles. The zero-order valence-electron chi connectivity index (χ0n) is 14.8. The molecule has 134 valence electrons. The van der Waals surface area contributed by atoms with E-state index >= 15 is 0 Å². The number of fused-ring (bicyclic) bond motifs is 1. The number of urea groups is 1. The number of carbonyl (C=O) groups excluding carboxylic acids is 1. The summed E-state index contributed by atoms with van der Waals surface area (Å²) in [6.45, 7) is 0. The maximum atomic E-state index is 12.6. The van der Waals surface area contributed by atoms with E-state index in [0.29, 0.717) is 5.92 Å². The number of anilines is 1. The molecule has 2 atom stereocenters. The number of hydrogen-bond acceptors (Lipinski definition) is 2. The van der Waals surface area contributed by atoms with Gasteiger partial charge >= 0.3 is 6.03 Å². The van der Waals surface area contributed by atoms with Crippen molar-refractivity contribution in [2.45, 2.75) is 38.1 Å². The minimum Gasteiger partial charge on any atom is -0.469 e. The molecule has 4 heteroatoms. The van der Waals surface area contributed by atoms with Crippen LogP contribution in [-0.4, -0.2) is 12.1 Å². The van der Waals surface area contributed by atoms with Crippen LogP contribution >= 0.6 is 0 Å². The maximum absolute atomic E-state index is 12.6. The number of nitrogens with one attached hydrogen (secondary N) is 2. The number of furan rings is 1. The van der Waals surface area contributed by atoms with Crippen LogP contribution in [0.1, 0.15) is 31.4 Å². The molecular weight excluding hydrogens is 324 g/mol. The summed E-state index contributed by atoms with van der Waals surface area (Å²) in [6.07, 6.45) is 7.12. The summed E-state index contributed by atoms with van der Waals surface area (Å²) in [5.74, 6) is 1.42. The lowest BCUT2D eigenvalue weighted by atomic mass is 9.82. The second-order valence-corrected chi connectivity index (χ2v) is 7.06. The lowest BCUT2D eigenvalue weighted by molar-refractivity contribution is 0.224. The molecule has 1 aliphatic carbocycles. The van der Waals surface area contributed by atoms with Gasteiger partial charge in [0.2, 0.25) is 0 Å². The minimum atomic E-state index is -0.127. The van der Waals surface area contributed by atoms with Crippen molar-refractivity contribution in [3.8, 4) is 0 Å². The van der Waals surface area contributed by atoms with Crippen LogP contribution in [0.15, 0.2) is 65.3 Å². The Morgan fingerprint density at radius 2 is 1.85 bits per heavy atom. The highest BCUT2D eigenvalue weighted by molar-refractivity contribution is 6.01. The van der Waals surface area contributed by atoms with Crippen molar-refractivity contribution in [2.75, 3.05) is 5.32 Å². The molecular formula is C22H24N2O2. The number of benzene rings is 2. The van der Waals surface area contributed by atoms with Crippen molar-refractivity contribution in [1.82, 2.24) is 5.32 Å². The normalized spacial score (nSPS) is 20.0. The highest BCUT2D eigenvalue weighted by Gasteiger charge is 2.27. The average Bonchev–Trinajstić information content (AvgIpc) is 3.17. The van der Waals surface area contributed by atoms with Crippen LogP contribution in [0.25, 0.3) is 10.8 Å². The highest BCUT2D eigenvalue weighted by atomic mass is 16.3. The van der Waals surface area contributed by atoms with Crippen molar-refractivity contribution >= 4 is 22.5 Å². The Morgan fingerprint density at radius 1 is 1.00 bits per heavy atom. The summed E-state index contributed by atoms with van der Waals surface area (Å²) >= 11 is 0. The molecule has 0 aliphatic heterocycles. The van der Waals surface area contributed by atoms with Gasteiger partial charge in [-0.2, -0.15) is 0 Å². The Balaban J connectivity index is 1.44. The summed E-state index contributed by atoms with van der Waals surface area (Å²) in [7, 11) is 0. The van der Waals surface area contributed by atoms with E-state index < -0.39 is 0 Å². The van der Waals surface area contributed by atoms with Crippen LogP contribution < -0.4 is 10.6 Å². The van der Waals surface area contributed by atoms with Gasteiger partial charge in [0, 0.05) is 17.8 Å². The zero-order valence-corrected chi connectivity index (χ0v) is 14.8. The fourth-order valence-corrected chi connectivity index (χ4v) is 3.99. The monoisotopic (exact) mass is 348 g/mol. The first-order valence-electron chi connectivity index (χ1n) is 9.37. The Hall–Kier alpha value is -2.75. The van der Waals surface area contributed by atoms with Crippen molar-refractivity contribution in [3.05, 3.63) is 66.6 Å². The van der Waals surface area contributed by atoms with Crippen molar-refractivity contribution in [1.29, 1.82) is 0 Å². The van der Waals surface area contributed by atoms with Gasteiger partial charge in [-0.25, -0.2) is 4.79 Å². The first kappa shape index (κ1) is 16.7. The quantitative estimate of drug-likeness (QED) is 0.667. The molecule has 3 aromatic rings. The van der Waals surface area contributed by atoms with Gasteiger partial charge in [0.15, 0.2) is 0 Å². The molecule has 1 aromatic heterocycles. The van der Waals surface area contributed by atoms with E-state index in [4.69, 9.17) is 4.42 Å². The topological polar surface area (TPSA) is 54.3 Å². The second kappa shape index (κ2) is 7.65. The first-order chi connectivity index (χ1) is 12.8. The van der Waals surface area contributed by atoms with Crippen LogP contribution in [0, 0.1) is 5.92 Å². The molecule has 0 saturated heterocycles. The molecule has 1 heterocycles. The van der Waals surface area contributed by atoms with Gasteiger partial charge in [-0.15, -0.1) is 0 Å². The number of rotatable bonds is 4. The van der Waals surface area contributed by atoms with Crippen molar-refractivity contribution in [2.24, 2.45) is 5.92 Å². The maximum Gasteiger partial charge on any atom is 0.319 e. The van der Waals surface area contributed by atoms with Gasteiger partial charge in [0.1, 0.15) is 5.76 Å². The van der Waals surface area contributed by atoms with E-state index in [2.05, 4.69) is 22.8 Å². The average molecular weight is 348 g/mol. The van der Waals surface area contributed by atoms with Crippen LogP contribution in [0.2, 0.25) is 0 Å². The fraction of sp³-hybridized carbons (Fsp3) is 0.318. The molecule has 1 aliphatic rings. The van der Waals surface area contributed by atoms with E-state index in [1.54, 1.807) is 6.26 Å². The van der Waals surface area contributed by atoms with Gasteiger partial charge in [-0.1, -0.05) is 49.2 Å². The molecule has 2 aromatic carbocycles. The highest BCUT2D eigenvalue weighted by Crippen LogP contribution is 2.28. The Morgan fingerprint density at radius 3 is 2.73 bits per heavy atom. The molecule has 0 radical (unpaired) electrons. The summed E-state index contributed by atoms with van der Waals surface area (Å²) in [6, 6.07) is 18.1. The standard InChI is InChI=1S/C22H24N2O2/c25-22(24-21-13-5-9-16-7-1-3-11-19(16)21)23-20-12-4-2-8-17(20)15-18-10-6-14-26-18/h1,3,5-7,9-11,13-14,17,20H,2,4,8,12,15H2,(H2,23,24,25)/t17-,20-/m1/s1. The fourth-order valence-electron chi connectivity index (χ4n) is 3.99. The summed E-state index contributed by atoms with van der Waals surface area (Å²) < 4.78 is 5.51. The van der Waals surface area contributed by atoms with Crippen molar-refractivity contribution < 1.29 is 9.21 Å². The number of hydrogen-bond donors (Lipinski definition) is 2. The van der Waals surface area contributed by atoms with Crippen LogP contribution in [-0.2, 0) is 6.42 Å². The largest absolute Gasteiger partial charge is 0.469 e. The Labute approximate surface area is 153 Å². The first-order valence-corrected chi connectivity index (χ1v) is 9.37. The number of carbonyl (C=O) groups is 1. The predicted octanol–water partition coefficient (Wildman–Crippen LogP) is 5.36. The molecule has 2 N–H and O–H groups in total. The second-order valence-electron chi connectivity index (χ2n) is 7.06. The Bertz CT molecular complexity index is 867. The lowest BCUT2D eigenvalue weighted by Crippen LogP contribution is -2.44. The molecule has 0 unspecified atom stereocenters. The van der Waals surface area contributed by atoms with Gasteiger partial charge in [0.05, 0.1) is 12.0 Å². The van der Waals surface area contributed by atoms with Crippen LogP contribution in [0.5, 0.6) is 0 Å².